The van der Waals surface area contributed by atoms with Crippen LogP contribution in [0.4, 0.5) is 9.52 Å². The number of amides is 1. The third-order valence-corrected chi connectivity index (χ3v) is 4.28. The summed E-state index contributed by atoms with van der Waals surface area (Å²) in [6.45, 7) is 0. The maximum absolute atomic E-state index is 13.8. The molecule has 0 saturated heterocycles. The van der Waals surface area contributed by atoms with Crippen molar-refractivity contribution >= 4 is 22.4 Å². The van der Waals surface area contributed by atoms with Crippen LogP contribution >= 0.6 is 11.3 Å². The fourth-order valence-corrected chi connectivity index (χ4v) is 2.84. The number of aromatic nitrogens is 2. The van der Waals surface area contributed by atoms with Crippen LogP contribution in [0.5, 0.6) is 11.5 Å². The van der Waals surface area contributed by atoms with Gasteiger partial charge in [-0.25, -0.2) is 4.39 Å². The van der Waals surface area contributed by atoms with E-state index in [9.17, 15) is 9.18 Å². The molecule has 6 nitrogen and oxygen atoms in total. The Morgan fingerprint density at radius 1 is 1.08 bits per heavy atom. The molecule has 0 atom stereocenters. The molecule has 0 unspecified atom stereocenters. The quantitative estimate of drug-likeness (QED) is 0.753. The van der Waals surface area contributed by atoms with E-state index in [1.807, 2.05) is 0 Å². The molecule has 2 aromatic carbocycles. The van der Waals surface area contributed by atoms with E-state index < -0.39 is 5.82 Å². The van der Waals surface area contributed by atoms with Crippen molar-refractivity contribution < 1.29 is 18.7 Å². The third-order valence-electron chi connectivity index (χ3n) is 3.40. The van der Waals surface area contributed by atoms with Crippen molar-refractivity contribution in [3.63, 3.8) is 0 Å². The highest BCUT2D eigenvalue weighted by atomic mass is 32.1. The number of carbonyl (C=O) groups excluding carboxylic acids is 1. The molecule has 0 radical (unpaired) electrons. The van der Waals surface area contributed by atoms with Gasteiger partial charge in [0.1, 0.15) is 10.8 Å². The molecular formula is C17H14FN3O3S. The van der Waals surface area contributed by atoms with Crippen LogP contribution in [0.15, 0.2) is 42.5 Å². The molecule has 0 aliphatic heterocycles. The van der Waals surface area contributed by atoms with Crippen LogP contribution in [0.2, 0.25) is 0 Å². The molecule has 128 valence electrons. The van der Waals surface area contributed by atoms with Crippen LogP contribution < -0.4 is 14.8 Å². The number of hydrogen-bond acceptors (Lipinski definition) is 6. The second kappa shape index (κ2) is 7.27. The predicted molar refractivity (Wildman–Crippen MR) is 92.8 cm³/mol. The summed E-state index contributed by atoms with van der Waals surface area (Å²) in [4.78, 5) is 12.2. The first-order valence-corrected chi connectivity index (χ1v) is 8.05. The van der Waals surface area contributed by atoms with Gasteiger partial charge in [0.2, 0.25) is 5.13 Å². The highest BCUT2D eigenvalue weighted by Crippen LogP contribution is 2.29. The van der Waals surface area contributed by atoms with Crippen molar-refractivity contribution in [3.8, 4) is 22.1 Å². The topological polar surface area (TPSA) is 73.3 Å². The fraction of sp³-hybridized carbons (Fsp3) is 0.118. The lowest BCUT2D eigenvalue weighted by Crippen LogP contribution is -2.11. The normalized spacial score (nSPS) is 10.4. The largest absolute Gasteiger partial charge is 0.497 e. The molecule has 0 spiro atoms. The molecule has 1 N–H and O–H groups in total. The number of nitrogens with zero attached hydrogens (tertiary/aromatic N) is 2. The highest BCUT2D eigenvalue weighted by molar-refractivity contribution is 7.18. The van der Waals surface area contributed by atoms with E-state index in [2.05, 4.69) is 15.5 Å². The van der Waals surface area contributed by atoms with Crippen LogP contribution in [0.25, 0.3) is 10.6 Å². The molecule has 8 heteroatoms. The van der Waals surface area contributed by atoms with E-state index in [0.29, 0.717) is 27.0 Å². The first-order valence-electron chi connectivity index (χ1n) is 7.23. The van der Waals surface area contributed by atoms with Crippen molar-refractivity contribution in [1.29, 1.82) is 0 Å². The zero-order valence-electron chi connectivity index (χ0n) is 13.4. The van der Waals surface area contributed by atoms with E-state index in [1.54, 1.807) is 37.4 Å². The molecule has 0 aliphatic carbocycles. The molecule has 1 amide bonds. The highest BCUT2D eigenvalue weighted by Gasteiger charge is 2.13. The number of anilines is 1. The van der Waals surface area contributed by atoms with Gasteiger partial charge in [-0.15, -0.1) is 10.2 Å². The van der Waals surface area contributed by atoms with E-state index in [4.69, 9.17) is 9.47 Å². The van der Waals surface area contributed by atoms with Crippen LogP contribution in [0.3, 0.4) is 0 Å². The number of carbonyl (C=O) groups is 1. The fourth-order valence-electron chi connectivity index (χ4n) is 2.10. The molecule has 1 aromatic heterocycles. The molecule has 0 fully saturated rings. The number of halogens is 1. The Hall–Kier alpha value is -3.00. The average molecular weight is 359 g/mol. The average Bonchev–Trinajstić information content (AvgIpc) is 3.10. The minimum Gasteiger partial charge on any atom is -0.497 e. The summed E-state index contributed by atoms with van der Waals surface area (Å²) < 4.78 is 23.7. The predicted octanol–water partition coefficient (Wildman–Crippen LogP) is 3.61. The first kappa shape index (κ1) is 16.8. The second-order valence-corrected chi connectivity index (χ2v) is 5.92. The Morgan fingerprint density at radius 2 is 1.84 bits per heavy atom. The number of benzene rings is 2. The Balaban J connectivity index is 1.74. The minimum atomic E-state index is -0.487. The number of hydrogen-bond donors (Lipinski definition) is 1. The summed E-state index contributed by atoms with van der Waals surface area (Å²) in [5.74, 6) is 0.0165. The van der Waals surface area contributed by atoms with E-state index in [-0.39, 0.29) is 11.7 Å². The Bertz CT molecular complexity index is 896. The molecule has 3 rings (SSSR count). The van der Waals surface area contributed by atoms with Crippen LogP contribution in [-0.4, -0.2) is 30.3 Å². The van der Waals surface area contributed by atoms with Crippen molar-refractivity contribution in [2.75, 3.05) is 19.5 Å². The third kappa shape index (κ3) is 3.74. The van der Waals surface area contributed by atoms with Gasteiger partial charge in [0.25, 0.3) is 5.91 Å². The lowest BCUT2D eigenvalue weighted by molar-refractivity contribution is 0.102. The number of rotatable bonds is 5. The summed E-state index contributed by atoms with van der Waals surface area (Å²) in [6.07, 6.45) is 0. The molecule has 0 aliphatic rings. The summed E-state index contributed by atoms with van der Waals surface area (Å²) in [6, 6.07) is 11.2. The van der Waals surface area contributed by atoms with E-state index >= 15 is 0 Å². The van der Waals surface area contributed by atoms with Gasteiger partial charge < -0.3 is 9.47 Å². The van der Waals surface area contributed by atoms with Gasteiger partial charge in [0.05, 0.1) is 14.2 Å². The van der Waals surface area contributed by atoms with Crippen LogP contribution in [0, 0.1) is 5.82 Å². The summed E-state index contributed by atoms with van der Waals surface area (Å²) >= 11 is 1.15. The number of ether oxygens (including phenoxy) is 2. The lowest BCUT2D eigenvalue weighted by Gasteiger charge is -2.03. The molecule has 0 bridgehead atoms. The molecular weight excluding hydrogens is 345 g/mol. The van der Waals surface area contributed by atoms with Crippen molar-refractivity contribution in [2.45, 2.75) is 0 Å². The molecule has 0 saturated carbocycles. The van der Waals surface area contributed by atoms with Crippen LogP contribution in [-0.2, 0) is 0 Å². The Kier molecular flexibility index (Phi) is 4.90. The summed E-state index contributed by atoms with van der Waals surface area (Å²) in [5.41, 5.74) is 1.02. The molecule has 1 heterocycles. The smallest absolute Gasteiger partial charge is 0.257 e. The minimum absolute atomic E-state index is 0.154. The number of nitrogens with one attached hydrogen (secondary N) is 1. The standard InChI is InChI=1S/C17H14FN3O3S/c1-23-12-6-3-10(4-7-12)15(22)19-17-21-20-16(25-17)11-5-8-14(24-2)13(18)9-11/h3-9H,1-2H3,(H,19,21,22). The zero-order valence-corrected chi connectivity index (χ0v) is 14.3. The van der Waals surface area contributed by atoms with E-state index in [0.717, 1.165) is 11.3 Å². The Labute approximate surface area is 147 Å². The van der Waals surface area contributed by atoms with Gasteiger partial charge in [-0.3, -0.25) is 10.1 Å². The first-order chi connectivity index (χ1) is 12.1. The van der Waals surface area contributed by atoms with E-state index in [1.165, 1.54) is 19.2 Å². The van der Waals surface area contributed by atoms with Crippen molar-refractivity contribution in [1.82, 2.24) is 10.2 Å². The maximum atomic E-state index is 13.8. The van der Waals surface area contributed by atoms with Gasteiger partial charge in [-0.1, -0.05) is 11.3 Å². The lowest BCUT2D eigenvalue weighted by atomic mass is 10.2. The van der Waals surface area contributed by atoms with Crippen molar-refractivity contribution in [3.05, 3.63) is 53.8 Å². The second-order valence-electron chi connectivity index (χ2n) is 4.94. The Morgan fingerprint density at radius 3 is 2.48 bits per heavy atom. The van der Waals surface area contributed by atoms with Gasteiger partial charge in [-0.05, 0) is 42.5 Å². The SMILES string of the molecule is COc1ccc(C(=O)Nc2nnc(-c3ccc(OC)c(F)c3)s2)cc1. The van der Waals surface area contributed by atoms with Crippen molar-refractivity contribution in [2.24, 2.45) is 0 Å². The van der Waals surface area contributed by atoms with Gasteiger partial charge in [-0.2, -0.15) is 0 Å². The monoisotopic (exact) mass is 359 g/mol. The summed E-state index contributed by atoms with van der Waals surface area (Å²) in [5, 5.41) is 11.4. The molecule has 25 heavy (non-hydrogen) atoms. The number of methoxy groups -OCH3 is 2. The maximum Gasteiger partial charge on any atom is 0.257 e. The van der Waals surface area contributed by atoms with Gasteiger partial charge in [0.15, 0.2) is 11.6 Å². The zero-order chi connectivity index (χ0) is 17.8. The van der Waals surface area contributed by atoms with Crippen LogP contribution in [0.1, 0.15) is 10.4 Å². The molecule has 3 aromatic rings. The van der Waals surface area contributed by atoms with Gasteiger partial charge in [0, 0.05) is 11.1 Å². The van der Waals surface area contributed by atoms with Gasteiger partial charge >= 0.3 is 0 Å². The summed E-state index contributed by atoms with van der Waals surface area (Å²) in [7, 11) is 2.95.